The van der Waals surface area contributed by atoms with Gasteiger partial charge in [0, 0.05) is 12.5 Å². The van der Waals surface area contributed by atoms with Crippen LogP contribution in [0.15, 0.2) is 18.2 Å². The molecule has 0 bridgehead atoms. The molecule has 7 heteroatoms. The number of ether oxygens (including phenoxy) is 2. The number of carbonyl (C=O) groups is 1. The van der Waals surface area contributed by atoms with E-state index in [1.807, 2.05) is 32.9 Å². The summed E-state index contributed by atoms with van der Waals surface area (Å²) in [6.07, 6.45) is 1.57. The molecule has 1 aromatic rings. The number of hydrogen-bond acceptors (Lipinski definition) is 5. The fourth-order valence-corrected chi connectivity index (χ4v) is 1.95. The molecule has 0 spiro atoms. The number of alkyl carbamates (subject to hydrolysis) is 1. The van der Waals surface area contributed by atoms with Gasteiger partial charge in [-0.15, -0.1) is 0 Å². The summed E-state index contributed by atoms with van der Waals surface area (Å²) >= 11 is 0. The van der Waals surface area contributed by atoms with Crippen molar-refractivity contribution in [3.8, 4) is 5.75 Å². The Morgan fingerprint density at radius 3 is 2.55 bits per heavy atom. The second-order valence-electron chi connectivity index (χ2n) is 5.91. The van der Waals surface area contributed by atoms with Gasteiger partial charge in [-0.1, -0.05) is 18.2 Å². The van der Waals surface area contributed by atoms with Crippen LogP contribution in [0.4, 0.5) is 4.79 Å². The van der Waals surface area contributed by atoms with Crippen LogP contribution in [-0.2, 0) is 11.2 Å². The minimum atomic E-state index is -1.44. The molecule has 1 aromatic carbocycles. The van der Waals surface area contributed by atoms with E-state index in [2.05, 4.69) is 5.32 Å². The largest absolute Gasteiger partial charge is 0.494 e. The monoisotopic (exact) mass is 309 g/mol. The molecule has 0 fully saturated rings. The number of fused-ring (bicyclic) bond motifs is 1. The van der Waals surface area contributed by atoms with Crippen LogP contribution in [0, 0.1) is 0 Å². The van der Waals surface area contributed by atoms with Crippen molar-refractivity contribution in [3.05, 3.63) is 23.8 Å². The van der Waals surface area contributed by atoms with Crippen molar-refractivity contribution in [1.82, 2.24) is 5.32 Å². The minimum absolute atomic E-state index is 0.387. The molecule has 0 saturated carbocycles. The summed E-state index contributed by atoms with van der Waals surface area (Å²) in [5, 5.41) is 20.5. The molecule has 0 atom stereocenters. The molecule has 1 amide bonds. The van der Waals surface area contributed by atoms with Crippen LogP contribution < -0.4 is 15.5 Å². The first-order valence-corrected chi connectivity index (χ1v) is 7.26. The Hall–Kier alpha value is -1.73. The van der Waals surface area contributed by atoms with Crippen LogP contribution >= 0.6 is 0 Å². The van der Waals surface area contributed by atoms with Gasteiger partial charge < -0.3 is 24.8 Å². The molecule has 2 rings (SSSR count). The first-order chi connectivity index (χ1) is 10.2. The molecule has 1 aliphatic heterocycles. The third-order valence-electron chi connectivity index (χ3n) is 2.85. The van der Waals surface area contributed by atoms with Crippen molar-refractivity contribution in [1.29, 1.82) is 0 Å². The molecule has 1 aliphatic rings. The Morgan fingerprint density at radius 2 is 2.05 bits per heavy atom. The lowest BCUT2D eigenvalue weighted by Crippen LogP contribution is -2.33. The van der Waals surface area contributed by atoms with E-state index < -0.39 is 7.12 Å². The molecular weight excluding hydrogens is 285 g/mol. The number of nitrogens with one attached hydrogen (secondary N) is 1. The quantitative estimate of drug-likeness (QED) is 0.669. The summed E-state index contributed by atoms with van der Waals surface area (Å²) in [5.41, 5.74) is 1.15. The van der Waals surface area contributed by atoms with Gasteiger partial charge in [0.05, 0.1) is 6.61 Å². The maximum Gasteiger partial charge on any atom is 0.492 e. The Morgan fingerprint density at radius 1 is 1.36 bits per heavy atom. The number of amides is 1. The first kappa shape index (κ1) is 18.3. The smallest absolute Gasteiger partial charge is 0.492 e. The van der Waals surface area contributed by atoms with Crippen molar-refractivity contribution in [2.45, 2.75) is 39.2 Å². The summed E-state index contributed by atoms with van der Waals surface area (Å²) in [6, 6.07) is 5.46. The summed E-state index contributed by atoms with van der Waals surface area (Å²) < 4.78 is 10.2. The van der Waals surface area contributed by atoms with E-state index in [1.165, 1.54) is 7.05 Å². The van der Waals surface area contributed by atoms with E-state index in [0.717, 1.165) is 18.4 Å². The maximum atomic E-state index is 10.5. The van der Waals surface area contributed by atoms with Crippen molar-refractivity contribution < 1.29 is 24.3 Å². The van der Waals surface area contributed by atoms with Gasteiger partial charge in [-0.25, -0.2) is 4.79 Å². The number of carbonyl (C=O) groups excluding carboxylic acids is 1. The van der Waals surface area contributed by atoms with Crippen LogP contribution in [0.1, 0.15) is 32.8 Å². The zero-order valence-electron chi connectivity index (χ0n) is 13.5. The molecule has 6 nitrogen and oxygen atoms in total. The summed E-state index contributed by atoms with van der Waals surface area (Å²) in [7, 11) is 0.0988. The number of para-hydroxylation sites is 1. The van der Waals surface area contributed by atoms with Gasteiger partial charge in [-0.2, -0.15) is 0 Å². The molecule has 122 valence electrons. The van der Waals surface area contributed by atoms with Gasteiger partial charge in [-0.3, -0.25) is 0 Å². The van der Waals surface area contributed by atoms with Gasteiger partial charge in [0.2, 0.25) is 0 Å². The zero-order chi connectivity index (χ0) is 16.8. The van der Waals surface area contributed by atoms with Crippen LogP contribution in [-0.4, -0.2) is 42.5 Å². The Labute approximate surface area is 131 Å². The summed E-state index contributed by atoms with van der Waals surface area (Å²) in [5.74, 6) is 0.656. The van der Waals surface area contributed by atoms with Crippen LogP contribution in [0.25, 0.3) is 0 Å². The molecular formula is C15H24BNO5. The van der Waals surface area contributed by atoms with Crippen molar-refractivity contribution >= 4 is 18.7 Å². The van der Waals surface area contributed by atoms with E-state index in [4.69, 9.17) is 19.5 Å². The van der Waals surface area contributed by atoms with Gasteiger partial charge in [0.25, 0.3) is 0 Å². The lowest BCUT2D eigenvalue weighted by molar-refractivity contribution is 0.0541. The Bertz CT molecular complexity index is 499. The number of hydrogen-bond donors (Lipinski definition) is 3. The standard InChI is InChI=1S/C9H11BO3.C6H13NO2/c11-10(12)8-5-1-3-7-4-2-6-13-9(7)8;1-6(2,3)9-5(8)7-4/h1,3,5,11-12H,2,4,6H2;1-4H3,(H,7,8). The van der Waals surface area contributed by atoms with Gasteiger partial charge >= 0.3 is 13.2 Å². The summed E-state index contributed by atoms with van der Waals surface area (Å²) in [4.78, 5) is 10.5. The lowest BCUT2D eigenvalue weighted by Gasteiger charge is -2.19. The fraction of sp³-hybridized carbons (Fsp3) is 0.533. The molecule has 1 heterocycles. The second-order valence-corrected chi connectivity index (χ2v) is 5.91. The van der Waals surface area contributed by atoms with E-state index in [9.17, 15) is 4.79 Å². The fourth-order valence-electron chi connectivity index (χ4n) is 1.95. The molecule has 0 aromatic heterocycles. The maximum absolute atomic E-state index is 10.5. The lowest BCUT2D eigenvalue weighted by atomic mass is 9.78. The minimum Gasteiger partial charge on any atom is -0.494 e. The predicted molar refractivity (Wildman–Crippen MR) is 85.4 cm³/mol. The molecule has 0 saturated heterocycles. The van der Waals surface area contributed by atoms with E-state index in [0.29, 0.717) is 17.8 Å². The Kier molecular flexibility index (Phi) is 6.71. The molecule has 0 unspecified atom stereocenters. The average Bonchev–Trinajstić information content (AvgIpc) is 2.45. The molecule has 0 radical (unpaired) electrons. The van der Waals surface area contributed by atoms with Gasteiger partial charge in [0.15, 0.2) is 0 Å². The van der Waals surface area contributed by atoms with Crippen LogP contribution in [0.5, 0.6) is 5.75 Å². The van der Waals surface area contributed by atoms with Crippen molar-refractivity contribution in [2.75, 3.05) is 13.7 Å². The van der Waals surface area contributed by atoms with Crippen LogP contribution in [0.3, 0.4) is 0 Å². The highest BCUT2D eigenvalue weighted by Gasteiger charge is 2.21. The number of aryl methyl sites for hydroxylation is 1. The number of rotatable bonds is 1. The highest BCUT2D eigenvalue weighted by Crippen LogP contribution is 2.22. The van der Waals surface area contributed by atoms with Gasteiger partial charge in [0.1, 0.15) is 11.4 Å². The SMILES string of the molecule is CNC(=O)OC(C)(C)C.OB(O)c1cccc2c1OCCC2. The van der Waals surface area contributed by atoms with Crippen LogP contribution in [0.2, 0.25) is 0 Å². The summed E-state index contributed by atoms with van der Waals surface area (Å²) in [6.45, 7) is 6.13. The van der Waals surface area contributed by atoms with Crippen molar-refractivity contribution in [3.63, 3.8) is 0 Å². The predicted octanol–water partition coefficient (Wildman–Crippen LogP) is 0.832. The Balaban J connectivity index is 0.000000239. The average molecular weight is 309 g/mol. The van der Waals surface area contributed by atoms with E-state index >= 15 is 0 Å². The van der Waals surface area contributed by atoms with Gasteiger partial charge in [-0.05, 0) is 39.2 Å². The normalized spacial score (nSPS) is 13.0. The highest BCUT2D eigenvalue weighted by molar-refractivity contribution is 6.59. The van der Waals surface area contributed by atoms with E-state index in [-0.39, 0.29) is 11.7 Å². The zero-order valence-corrected chi connectivity index (χ0v) is 13.5. The van der Waals surface area contributed by atoms with Crippen molar-refractivity contribution in [2.24, 2.45) is 0 Å². The highest BCUT2D eigenvalue weighted by atomic mass is 16.6. The first-order valence-electron chi connectivity index (χ1n) is 7.26. The third-order valence-corrected chi connectivity index (χ3v) is 2.85. The molecule has 3 N–H and O–H groups in total. The molecule has 0 aliphatic carbocycles. The second kappa shape index (κ2) is 8.05. The number of benzene rings is 1. The molecule has 22 heavy (non-hydrogen) atoms. The topological polar surface area (TPSA) is 88.0 Å². The third kappa shape index (κ3) is 5.95. The van der Waals surface area contributed by atoms with E-state index in [1.54, 1.807) is 6.07 Å².